The van der Waals surface area contributed by atoms with Crippen LogP contribution in [0.4, 0.5) is 5.69 Å². The van der Waals surface area contributed by atoms with E-state index in [-0.39, 0.29) is 0 Å². The number of hydrogen-bond acceptors (Lipinski definition) is 2. The van der Waals surface area contributed by atoms with Crippen molar-refractivity contribution in [3.05, 3.63) is 28.2 Å². The van der Waals surface area contributed by atoms with Crippen molar-refractivity contribution >= 4 is 21.6 Å². The molecule has 0 aliphatic carbocycles. The molecule has 3 heteroatoms. The number of likely N-dealkylation sites (tertiary alicyclic amines) is 1. The molecule has 0 aromatic heterocycles. The first-order chi connectivity index (χ1) is 7.15. The molecule has 1 unspecified atom stereocenters. The van der Waals surface area contributed by atoms with Crippen LogP contribution in [0.5, 0.6) is 0 Å². The highest BCUT2D eigenvalue weighted by molar-refractivity contribution is 9.10. The molecule has 2 nitrogen and oxygen atoms in total. The normalized spacial score (nSPS) is 21.9. The second-order valence-electron chi connectivity index (χ2n) is 4.36. The summed E-state index contributed by atoms with van der Waals surface area (Å²) in [5, 5.41) is 3.58. The van der Waals surface area contributed by atoms with Crippen molar-refractivity contribution < 1.29 is 0 Å². The van der Waals surface area contributed by atoms with E-state index in [1.54, 1.807) is 0 Å². The number of benzene rings is 1. The highest BCUT2D eigenvalue weighted by Gasteiger charge is 2.18. The number of nitrogens with zero attached hydrogens (tertiary/aromatic N) is 1. The molecule has 1 fully saturated rings. The SMILES string of the molecule is Cc1cc(NC2CCN(C)C2)ccc1Br. The van der Waals surface area contributed by atoms with E-state index in [1.165, 1.54) is 28.7 Å². The Hall–Kier alpha value is -0.540. The molecular formula is C12H17BrN2. The predicted octanol–water partition coefficient (Wildman–Crippen LogP) is 2.87. The molecule has 2 rings (SSSR count). The van der Waals surface area contributed by atoms with Crippen LogP contribution < -0.4 is 5.32 Å². The van der Waals surface area contributed by atoms with Crippen LogP contribution in [0.2, 0.25) is 0 Å². The standard InChI is InChI=1S/C12H17BrN2/c1-9-7-10(3-4-12(9)13)14-11-5-6-15(2)8-11/h3-4,7,11,14H,5-6,8H2,1-2H3. The molecule has 0 bridgehead atoms. The molecule has 0 saturated carbocycles. The molecule has 0 spiro atoms. The van der Waals surface area contributed by atoms with E-state index in [9.17, 15) is 0 Å². The van der Waals surface area contributed by atoms with Gasteiger partial charge >= 0.3 is 0 Å². The van der Waals surface area contributed by atoms with Crippen LogP contribution in [-0.4, -0.2) is 31.1 Å². The summed E-state index contributed by atoms with van der Waals surface area (Å²) in [7, 11) is 2.18. The van der Waals surface area contributed by atoms with Gasteiger partial charge in [-0.2, -0.15) is 0 Å². The van der Waals surface area contributed by atoms with Gasteiger partial charge in [-0.3, -0.25) is 0 Å². The average Bonchev–Trinajstić information content (AvgIpc) is 2.58. The number of nitrogens with one attached hydrogen (secondary N) is 1. The van der Waals surface area contributed by atoms with Crippen LogP contribution >= 0.6 is 15.9 Å². The minimum absolute atomic E-state index is 0.607. The third-order valence-electron chi connectivity index (χ3n) is 2.92. The van der Waals surface area contributed by atoms with Crippen LogP contribution in [0.25, 0.3) is 0 Å². The van der Waals surface area contributed by atoms with Gasteiger partial charge in [-0.15, -0.1) is 0 Å². The Morgan fingerprint density at radius 1 is 1.47 bits per heavy atom. The molecule has 1 aliphatic rings. The maximum atomic E-state index is 3.58. The lowest BCUT2D eigenvalue weighted by atomic mass is 10.2. The average molecular weight is 269 g/mol. The highest BCUT2D eigenvalue weighted by atomic mass is 79.9. The molecule has 0 radical (unpaired) electrons. The van der Waals surface area contributed by atoms with Crippen molar-refractivity contribution in [1.82, 2.24) is 4.90 Å². The fraction of sp³-hybridized carbons (Fsp3) is 0.500. The summed E-state index contributed by atoms with van der Waals surface area (Å²) in [5.74, 6) is 0. The predicted molar refractivity (Wildman–Crippen MR) is 68.4 cm³/mol. The maximum Gasteiger partial charge on any atom is 0.0400 e. The van der Waals surface area contributed by atoms with Gasteiger partial charge in [-0.1, -0.05) is 15.9 Å². The Labute approximate surface area is 99.8 Å². The molecule has 1 aromatic carbocycles. The van der Waals surface area contributed by atoms with Crippen LogP contribution in [0, 0.1) is 6.92 Å². The van der Waals surface area contributed by atoms with E-state index in [2.05, 4.69) is 58.3 Å². The summed E-state index contributed by atoms with van der Waals surface area (Å²) in [6, 6.07) is 7.05. The largest absolute Gasteiger partial charge is 0.381 e. The van der Waals surface area contributed by atoms with E-state index in [1.807, 2.05) is 0 Å². The molecule has 1 N–H and O–H groups in total. The Balaban J connectivity index is 2.02. The second-order valence-corrected chi connectivity index (χ2v) is 5.21. The van der Waals surface area contributed by atoms with Gasteiger partial charge in [0.25, 0.3) is 0 Å². The minimum atomic E-state index is 0.607. The lowest BCUT2D eigenvalue weighted by Crippen LogP contribution is -2.23. The number of anilines is 1. The molecule has 1 atom stereocenters. The first-order valence-corrected chi connectivity index (χ1v) is 6.15. The van der Waals surface area contributed by atoms with Gasteiger partial charge in [0.1, 0.15) is 0 Å². The van der Waals surface area contributed by atoms with Gasteiger partial charge in [0, 0.05) is 22.7 Å². The van der Waals surface area contributed by atoms with Crippen LogP contribution in [0.1, 0.15) is 12.0 Å². The monoisotopic (exact) mass is 268 g/mol. The van der Waals surface area contributed by atoms with Crippen molar-refractivity contribution in [1.29, 1.82) is 0 Å². The molecule has 1 saturated heterocycles. The van der Waals surface area contributed by atoms with E-state index < -0.39 is 0 Å². The molecule has 1 heterocycles. The minimum Gasteiger partial charge on any atom is -0.381 e. The van der Waals surface area contributed by atoms with Gasteiger partial charge < -0.3 is 10.2 Å². The summed E-state index contributed by atoms with van der Waals surface area (Å²) < 4.78 is 1.18. The summed E-state index contributed by atoms with van der Waals surface area (Å²) in [4.78, 5) is 2.36. The van der Waals surface area contributed by atoms with E-state index in [4.69, 9.17) is 0 Å². The van der Waals surface area contributed by atoms with Crippen LogP contribution in [0.3, 0.4) is 0 Å². The van der Waals surface area contributed by atoms with E-state index in [0.29, 0.717) is 6.04 Å². The first-order valence-electron chi connectivity index (χ1n) is 5.36. The topological polar surface area (TPSA) is 15.3 Å². The zero-order chi connectivity index (χ0) is 10.8. The lowest BCUT2D eigenvalue weighted by Gasteiger charge is -2.15. The van der Waals surface area contributed by atoms with Crippen LogP contribution in [0.15, 0.2) is 22.7 Å². The number of likely N-dealkylation sites (N-methyl/N-ethyl adjacent to an activating group) is 1. The van der Waals surface area contributed by atoms with Crippen molar-refractivity contribution in [2.45, 2.75) is 19.4 Å². The lowest BCUT2D eigenvalue weighted by molar-refractivity contribution is 0.414. The van der Waals surface area contributed by atoms with Crippen molar-refractivity contribution in [2.24, 2.45) is 0 Å². The smallest absolute Gasteiger partial charge is 0.0400 e. The summed E-state index contributed by atoms with van der Waals surface area (Å²) in [6.07, 6.45) is 1.24. The molecular weight excluding hydrogens is 252 g/mol. The fourth-order valence-corrected chi connectivity index (χ4v) is 2.27. The zero-order valence-electron chi connectivity index (χ0n) is 9.26. The summed E-state index contributed by atoms with van der Waals surface area (Å²) in [5.41, 5.74) is 2.52. The van der Waals surface area contributed by atoms with Crippen molar-refractivity contribution in [3.8, 4) is 0 Å². The summed E-state index contributed by atoms with van der Waals surface area (Å²) >= 11 is 3.52. The van der Waals surface area contributed by atoms with Gasteiger partial charge in [0.15, 0.2) is 0 Å². The summed E-state index contributed by atoms with van der Waals surface area (Å²) in [6.45, 7) is 4.47. The third-order valence-corrected chi connectivity index (χ3v) is 3.81. The fourth-order valence-electron chi connectivity index (χ4n) is 2.02. The molecule has 1 aromatic rings. The second kappa shape index (κ2) is 4.54. The Kier molecular flexibility index (Phi) is 3.32. The Morgan fingerprint density at radius 2 is 2.27 bits per heavy atom. The van der Waals surface area contributed by atoms with Gasteiger partial charge in [0.2, 0.25) is 0 Å². The molecule has 0 amide bonds. The van der Waals surface area contributed by atoms with Crippen molar-refractivity contribution in [2.75, 3.05) is 25.5 Å². The van der Waals surface area contributed by atoms with Crippen molar-refractivity contribution in [3.63, 3.8) is 0 Å². The maximum absolute atomic E-state index is 3.58. The van der Waals surface area contributed by atoms with E-state index >= 15 is 0 Å². The highest BCUT2D eigenvalue weighted by Crippen LogP contribution is 2.21. The van der Waals surface area contributed by atoms with Gasteiger partial charge in [-0.05, 0) is 50.7 Å². The first kappa shape index (κ1) is 11.0. The number of halogens is 1. The zero-order valence-corrected chi connectivity index (χ0v) is 10.8. The Bertz CT molecular complexity index is 351. The van der Waals surface area contributed by atoms with Gasteiger partial charge in [0.05, 0.1) is 0 Å². The Morgan fingerprint density at radius 3 is 2.87 bits per heavy atom. The third kappa shape index (κ3) is 2.73. The number of rotatable bonds is 2. The molecule has 15 heavy (non-hydrogen) atoms. The van der Waals surface area contributed by atoms with E-state index in [0.717, 1.165) is 6.54 Å². The molecule has 82 valence electrons. The number of hydrogen-bond donors (Lipinski definition) is 1. The molecule has 1 aliphatic heterocycles. The van der Waals surface area contributed by atoms with Crippen LogP contribution in [-0.2, 0) is 0 Å². The quantitative estimate of drug-likeness (QED) is 0.888. The number of aryl methyl sites for hydroxylation is 1. The van der Waals surface area contributed by atoms with Gasteiger partial charge in [-0.25, -0.2) is 0 Å².